The highest BCUT2D eigenvalue weighted by Gasteiger charge is 2.04. The molecule has 5 heteroatoms. The van der Waals surface area contributed by atoms with Crippen LogP contribution < -0.4 is 5.31 Å². The molecule has 0 radical (unpaired) electrons. The molecular weight excluding hydrogens is 182 g/mol. The summed E-state index contributed by atoms with van der Waals surface area (Å²) in [6, 6.07) is 6.91. The van der Waals surface area contributed by atoms with E-state index in [2.05, 4.69) is 9.72 Å². The van der Waals surface area contributed by atoms with Gasteiger partial charge in [-0.15, -0.1) is 0 Å². The van der Waals surface area contributed by atoms with Gasteiger partial charge in [-0.3, -0.25) is 5.31 Å². The minimum absolute atomic E-state index is 0.104. The van der Waals surface area contributed by atoms with Gasteiger partial charge in [0.05, 0.1) is 18.1 Å². The average Bonchev–Trinajstić information content (AvgIpc) is 2.65. The number of nitrogens with one attached hydrogen (secondary N) is 2. The lowest BCUT2D eigenvalue weighted by molar-refractivity contribution is 0.186. The Morgan fingerprint density at radius 2 is 2.50 bits per heavy atom. The monoisotopic (exact) mass is 193 g/mol. The lowest BCUT2D eigenvalue weighted by Crippen LogP contribution is -2.11. The van der Waals surface area contributed by atoms with Crippen molar-refractivity contribution < 1.29 is 12.4 Å². The molecule has 2 aromatic rings. The molecule has 2 rings (SSSR count). The predicted octanol–water partition coefficient (Wildman–Crippen LogP) is 1.74. The number of anilines is 1. The van der Waals surface area contributed by atoms with E-state index in [1.807, 2.05) is 0 Å². The van der Waals surface area contributed by atoms with E-state index in [1.165, 1.54) is 7.11 Å². The third-order valence-corrected chi connectivity index (χ3v) is 1.69. The van der Waals surface area contributed by atoms with E-state index < -0.39 is 6.09 Å². The number of imidazole rings is 1. The Hall–Kier alpha value is -2.04. The van der Waals surface area contributed by atoms with E-state index in [9.17, 15) is 4.79 Å². The molecule has 0 fully saturated rings. The largest absolute Gasteiger partial charge is 0.453 e. The van der Waals surface area contributed by atoms with Gasteiger partial charge in [-0.2, -0.15) is 0 Å². The average molecular weight is 193 g/mol. The van der Waals surface area contributed by atoms with Gasteiger partial charge in [0.25, 0.3) is 0 Å². The molecule has 0 aliphatic carbocycles. The van der Waals surface area contributed by atoms with Crippen LogP contribution in [0.4, 0.5) is 10.7 Å². The van der Waals surface area contributed by atoms with Crippen molar-refractivity contribution in [2.24, 2.45) is 0 Å². The summed E-state index contributed by atoms with van der Waals surface area (Å²) in [7, 11) is 1.17. The standard InChI is InChI=1S/C9H9N3O2/c1-14-9(13)12-8-10-6-4-2-3-5-7(6)11-8/h2-5H,1H3,(H2,10,11,12,13)/i/hD2. The normalized spacial score (nSPS) is 12.1. The van der Waals surface area contributed by atoms with Gasteiger partial charge < -0.3 is 9.71 Å². The smallest absolute Gasteiger partial charge is 0.413 e. The van der Waals surface area contributed by atoms with E-state index in [-0.39, 0.29) is 5.95 Å². The fraction of sp³-hybridized carbons (Fsp3) is 0.111. The number of hydrogen-bond donors (Lipinski definition) is 2. The van der Waals surface area contributed by atoms with E-state index in [0.29, 0.717) is 16.3 Å². The minimum atomic E-state index is -0.885. The Kier molecular flexibility index (Phi) is 1.55. The second kappa shape index (κ2) is 3.37. The fourth-order valence-corrected chi connectivity index (χ4v) is 1.07. The summed E-state index contributed by atoms with van der Waals surface area (Å²) >= 11 is 0. The van der Waals surface area contributed by atoms with Crippen LogP contribution in [0.5, 0.6) is 0 Å². The summed E-state index contributed by atoms with van der Waals surface area (Å²) in [6.07, 6.45) is -0.885. The van der Waals surface area contributed by atoms with Crippen LogP contribution in [0.1, 0.15) is 0 Å². The second-order valence-corrected chi connectivity index (χ2v) is 2.59. The fourth-order valence-electron chi connectivity index (χ4n) is 1.07. The summed E-state index contributed by atoms with van der Waals surface area (Å²) in [5.41, 5.74) is 1.08. The number of para-hydroxylation sites is 2. The lowest BCUT2D eigenvalue weighted by Gasteiger charge is -1.96. The van der Waals surface area contributed by atoms with Gasteiger partial charge in [-0.1, -0.05) is 12.1 Å². The number of rotatable bonds is 1. The van der Waals surface area contributed by atoms with Crippen LogP contribution in [0.3, 0.4) is 0 Å². The van der Waals surface area contributed by atoms with Crippen molar-refractivity contribution in [2.45, 2.75) is 0 Å². The first-order valence-electron chi connectivity index (χ1n) is 4.88. The van der Waals surface area contributed by atoms with Crippen LogP contribution >= 0.6 is 0 Å². The maximum atomic E-state index is 11.1. The highest BCUT2D eigenvalue weighted by Crippen LogP contribution is 2.12. The van der Waals surface area contributed by atoms with Crippen molar-refractivity contribution in [3.05, 3.63) is 24.3 Å². The first kappa shape index (κ1) is 6.42. The van der Waals surface area contributed by atoms with Crippen molar-refractivity contribution in [3.8, 4) is 0 Å². The minimum Gasteiger partial charge on any atom is -0.453 e. The van der Waals surface area contributed by atoms with E-state index in [0.717, 1.165) is 4.98 Å². The molecule has 0 saturated carbocycles. The van der Waals surface area contributed by atoms with Gasteiger partial charge >= 0.3 is 6.09 Å². The summed E-state index contributed by atoms with van der Waals surface area (Å²) in [4.78, 5) is 16.0. The number of carbonyl (C=O) groups excluding carboxylic acids is 1. The van der Waals surface area contributed by atoms with Crippen molar-refractivity contribution in [1.82, 2.24) is 9.96 Å². The number of fused-ring (bicyclic) bond motifs is 1. The van der Waals surface area contributed by atoms with Gasteiger partial charge in [0, 0.05) is 0 Å². The Morgan fingerprint density at radius 1 is 1.71 bits per heavy atom. The Labute approximate surface area is 83.0 Å². The molecule has 5 nitrogen and oxygen atoms in total. The highest BCUT2D eigenvalue weighted by atomic mass is 16.5. The van der Waals surface area contributed by atoms with Crippen LogP contribution in [0, 0.1) is 0 Å². The van der Waals surface area contributed by atoms with E-state index >= 15 is 0 Å². The molecule has 0 atom stereocenters. The van der Waals surface area contributed by atoms with Crippen LogP contribution in [0.25, 0.3) is 11.0 Å². The SMILES string of the molecule is [2H]N(C(=O)OC)c1nc2ccccc2n1[2H]. The number of hydrogen-bond acceptors (Lipinski definition) is 3. The van der Waals surface area contributed by atoms with Crippen LogP contribution in [0.2, 0.25) is 2.82 Å². The zero-order valence-corrected chi connectivity index (χ0v) is 7.47. The van der Waals surface area contributed by atoms with Crippen molar-refractivity contribution in [3.63, 3.8) is 0 Å². The molecule has 0 unspecified atom stereocenters. The quantitative estimate of drug-likeness (QED) is 0.724. The molecule has 1 heterocycles. The summed E-state index contributed by atoms with van der Waals surface area (Å²) < 4.78 is 19.5. The maximum absolute atomic E-state index is 11.1. The number of methoxy groups -OCH3 is 1. The molecule has 0 spiro atoms. The Morgan fingerprint density at radius 3 is 3.21 bits per heavy atom. The molecule has 72 valence electrons. The molecule has 0 saturated heterocycles. The van der Waals surface area contributed by atoms with E-state index in [1.54, 1.807) is 24.3 Å². The summed E-state index contributed by atoms with van der Waals surface area (Å²) in [6.45, 7) is 0. The zero-order valence-electron chi connectivity index (χ0n) is 9.47. The number of ether oxygens (including phenoxy) is 1. The van der Waals surface area contributed by atoms with Crippen molar-refractivity contribution in [1.29, 1.82) is 0 Å². The molecule has 1 aromatic heterocycles. The number of aromatic amines is 1. The maximum Gasteiger partial charge on any atom is 0.413 e. The molecular formula is C9H9N3O2. The predicted molar refractivity (Wildman–Crippen MR) is 52.1 cm³/mol. The van der Waals surface area contributed by atoms with Gasteiger partial charge in [0.15, 0.2) is 2.82 Å². The Balaban J connectivity index is 2.53. The molecule has 1 amide bonds. The number of H-pyrrole nitrogens is 1. The van der Waals surface area contributed by atoms with Crippen molar-refractivity contribution >= 4 is 23.1 Å². The molecule has 1 aromatic carbocycles. The number of benzene rings is 1. The Bertz CT molecular complexity index is 541. The summed E-state index contributed by atoms with van der Waals surface area (Å²) in [5, 5.41) is 0.437. The van der Waals surface area contributed by atoms with Crippen LogP contribution in [-0.2, 0) is 4.74 Å². The van der Waals surface area contributed by atoms with Gasteiger partial charge in [-0.05, 0) is 12.1 Å². The van der Waals surface area contributed by atoms with E-state index in [4.69, 9.17) is 2.82 Å². The third kappa shape index (κ3) is 1.52. The first-order chi connectivity index (χ1) is 7.65. The molecule has 0 aliphatic rings. The van der Waals surface area contributed by atoms with Crippen LogP contribution in [-0.4, -0.2) is 23.2 Å². The number of carbonyl (C=O) groups is 1. The summed E-state index contributed by atoms with van der Waals surface area (Å²) in [5.74, 6) is -0.104. The molecule has 14 heavy (non-hydrogen) atoms. The van der Waals surface area contributed by atoms with Gasteiger partial charge in [0.2, 0.25) is 5.95 Å². The van der Waals surface area contributed by atoms with Crippen molar-refractivity contribution in [2.75, 3.05) is 12.4 Å². The lowest BCUT2D eigenvalue weighted by atomic mass is 10.3. The zero-order chi connectivity index (χ0) is 11.7. The molecule has 0 bridgehead atoms. The van der Waals surface area contributed by atoms with Gasteiger partial charge in [-0.25, -0.2) is 9.78 Å². The molecule has 2 N–H and O–H groups in total. The number of amides is 1. The third-order valence-electron chi connectivity index (χ3n) is 1.69. The number of nitrogens with zero attached hydrogens (tertiary/aromatic N) is 1. The number of aromatic nitrogens is 2. The topological polar surface area (TPSA) is 67.0 Å². The molecule has 0 aliphatic heterocycles. The highest BCUT2D eigenvalue weighted by molar-refractivity contribution is 5.85. The van der Waals surface area contributed by atoms with Crippen LogP contribution in [0.15, 0.2) is 24.3 Å². The second-order valence-electron chi connectivity index (χ2n) is 2.59. The van der Waals surface area contributed by atoms with Gasteiger partial charge in [0.1, 0.15) is 0 Å². The first-order valence-corrected chi connectivity index (χ1v) is 3.99.